The number of para-hydroxylation sites is 1. The first-order chi connectivity index (χ1) is 10.7. The molecule has 0 fully saturated rings. The zero-order chi connectivity index (χ0) is 15.5. The lowest BCUT2D eigenvalue weighted by molar-refractivity contribution is 0.301. The number of benzene rings is 2. The van der Waals surface area contributed by atoms with Crippen LogP contribution in [0.2, 0.25) is 0 Å². The predicted molar refractivity (Wildman–Crippen MR) is 83.5 cm³/mol. The number of halogens is 1. The monoisotopic (exact) mass is 298 g/mol. The first-order valence-corrected chi connectivity index (χ1v) is 7.11. The molecule has 4 nitrogen and oxygen atoms in total. The highest BCUT2D eigenvalue weighted by Crippen LogP contribution is 2.24. The normalized spacial score (nSPS) is 10.8. The number of nitrogens with one attached hydrogen (secondary N) is 1. The third kappa shape index (κ3) is 2.70. The molecular formula is C17H15FN2O2. The molecule has 0 radical (unpaired) electrons. The molecule has 1 heterocycles. The van der Waals surface area contributed by atoms with E-state index in [0.717, 1.165) is 6.42 Å². The fraction of sp³-hybridized carbons (Fsp3) is 0.176. The Kier molecular flexibility index (Phi) is 3.87. The van der Waals surface area contributed by atoms with Gasteiger partial charge in [-0.25, -0.2) is 9.37 Å². The molecular weight excluding hydrogens is 283 g/mol. The van der Waals surface area contributed by atoms with E-state index in [1.54, 1.807) is 36.4 Å². The fourth-order valence-corrected chi connectivity index (χ4v) is 2.20. The Labute approximate surface area is 126 Å². The van der Waals surface area contributed by atoms with Crippen LogP contribution in [0.5, 0.6) is 5.75 Å². The number of fused-ring (bicyclic) bond motifs is 1. The number of hydrogen-bond donors (Lipinski definition) is 1. The Morgan fingerprint density at radius 3 is 2.82 bits per heavy atom. The lowest BCUT2D eigenvalue weighted by atomic mass is 10.1. The molecule has 0 spiro atoms. The SMILES string of the molecule is CCCOc1ccc(-c2nc3ccccc3c(=O)[nH]2)cc1F. The maximum Gasteiger partial charge on any atom is 0.259 e. The van der Waals surface area contributed by atoms with Crippen LogP contribution in [0, 0.1) is 5.82 Å². The summed E-state index contributed by atoms with van der Waals surface area (Å²) >= 11 is 0. The zero-order valence-corrected chi connectivity index (χ0v) is 12.1. The molecule has 0 aliphatic rings. The largest absolute Gasteiger partial charge is 0.491 e. The third-order valence-electron chi connectivity index (χ3n) is 3.28. The van der Waals surface area contributed by atoms with Crippen molar-refractivity contribution in [2.75, 3.05) is 6.61 Å². The zero-order valence-electron chi connectivity index (χ0n) is 12.1. The Morgan fingerprint density at radius 2 is 2.05 bits per heavy atom. The van der Waals surface area contributed by atoms with Gasteiger partial charge < -0.3 is 9.72 Å². The van der Waals surface area contributed by atoms with E-state index in [-0.39, 0.29) is 11.3 Å². The molecule has 0 unspecified atom stereocenters. The summed E-state index contributed by atoms with van der Waals surface area (Å²) in [5, 5.41) is 0.509. The molecule has 0 saturated carbocycles. The third-order valence-corrected chi connectivity index (χ3v) is 3.28. The minimum Gasteiger partial charge on any atom is -0.491 e. The highest BCUT2D eigenvalue weighted by Gasteiger charge is 2.09. The Bertz CT molecular complexity index is 874. The highest BCUT2D eigenvalue weighted by atomic mass is 19.1. The summed E-state index contributed by atoms with van der Waals surface area (Å²) in [5.74, 6) is 0.0696. The average Bonchev–Trinajstić information content (AvgIpc) is 2.53. The van der Waals surface area contributed by atoms with Crippen LogP contribution in [-0.4, -0.2) is 16.6 Å². The minimum absolute atomic E-state index is 0.203. The van der Waals surface area contributed by atoms with Gasteiger partial charge in [-0.15, -0.1) is 0 Å². The molecule has 3 aromatic rings. The van der Waals surface area contributed by atoms with Gasteiger partial charge in [0.1, 0.15) is 5.82 Å². The minimum atomic E-state index is -0.471. The molecule has 5 heteroatoms. The van der Waals surface area contributed by atoms with E-state index in [4.69, 9.17) is 4.74 Å². The van der Waals surface area contributed by atoms with Gasteiger partial charge in [0.05, 0.1) is 17.5 Å². The molecule has 3 rings (SSSR count). The summed E-state index contributed by atoms with van der Waals surface area (Å²) in [4.78, 5) is 19.1. The van der Waals surface area contributed by atoms with Crippen molar-refractivity contribution in [2.45, 2.75) is 13.3 Å². The van der Waals surface area contributed by atoms with Gasteiger partial charge in [0.2, 0.25) is 0 Å². The van der Waals surface area contributed by atoms with Gasteiger partial charge in [-0.3, -0.25) is 4.79 Å². The number of hydrogen-bond acceptors (Lipinski definition) is 3. The fourth-order valence-electron chi connectivity index (χ4n) is 2.20. The van der Waals surface area contributed by atoms with Gasteiger partial charge in [0.15, 0.2) is 11.6 Å². The van der Waals surface area contributed by atoms with Crippen molar-refractivity contribution < 1.29 is 9.13 Å². The first-order valence-electron chi connectivity index (χ1n) is 7.11. The van der Waals surface area contributed by atoms with Crippen molar-refractivity contribution in [3.63, 3.8) is 0 Å². The van der Waals surface area contributed by atoms with E-state index < -0.39 is 5.82 Å². The standard InChI is InChI=1S/C17H15FN2O2/c1-2-9-22-15-8-7-11(10-13(15)18)16-19-14-6-4-3-5-12(14)17(21)20-16/h3-8,10H,2,9H2,1H3,(H,19,20,21). The lowest BCUT2D eigenvalue weighted by Gasteiger charge is -2.08. The highest BCUT2D eigenvalue weighted by molar-refractivity contribution is 5.79. The summed E-state index contributed by atoms with van der Waals surface area (Å²) < 4.78 is 19.3. The van der Waals surface area contributed by atoms with Crippen LogP contribution in [0.4, 0.5) is 4.39 Å². The maximum atomic E-state index is 14.0. The molecule has 0 amide bonds. The van der Waals surface area contributed by atoms with Crippen LogP contribution in [0.25, 0.3) is 22.3 Å². The second-order valence-electron chi connectivity index (χ2n) is 4.93. The van der Waals surface area contributed by atoms with Crippen molar-refractivity contribution in [1.82, 2.24) is 9.97 Å². The molecule has 2 aromatic carbocycles. The van der Waals surface area contributed by atoms with Crippen molar-refractivity contribution in [2.24, 2.45) is 0 Å². The number of nitrogens with zero attached hydrogens (tertiary/aromatic N) is 1. The first kappa shape index (κ1) is 14.3. The maximum absolute atomic E-state index is 14.0. The summed E-state index contributed by atoms with van der Waals surface area (Å²) in [7, 11) is 0. The van der Waals surface area contributed by atoms with Crippen molar-refractivity contribution in [3.05, 3.63) is 58.6 Å². The van der Waals surface area contributed by atoms with Crippen LogP contribution in [0.3, 0.4) is 0 Å². The van der Waals surface area contributed by atoms with Crippen molar-refractivity contribution in [3.8, 4) is 17.1 Å². The van der Waals surface area contributed by atoms with Crippen LogP contribution < -0.4 is 10.3 Å². The quantitative estimate of drug-likeness (QED) is 0.802. The van der Waals surface area contributed by atoms with Crippen LogP contribution in [0.1, 0.15) is 13.3 Å². The predicted octanol–water partition coefficient (Wildman–Crippen LogP) is 3.52. The summed E-state index contributed by atoms with van der Waals surface area (Å²) in [6.07, 6.45) is 0.806. The van der Waals surface area contributed by atoms with Gasteiger partial charge in [-0.1, -0.05) is 19.1 Å². The van der Waals surface area contributed by atoms with E-state index in [9.17, 15) is 9.18 Å². The molecule has 112 valence electrons. The lowest BCUT2D eigenvalue weighted by Crippen LogP contribution is -2.09. The number of H-pyrrole nitrogens is 1. The van der Waals surface area contributed by atoms with E-state index in [2.05, 4.69) is 9.97 Å². The average molecular weight is 298 g/mol. The molecule has 0 atom stereocenters. The second-order valence-corrected chi connectivity index (χ2v) is 4.93. The van der Waals surface area contributed by atoms with Crippen LogP contribution >= 0.6 is 0 Å². The van der Waals surface area contributed by atoms with Gasteiger partial charge in [0, 0.05) is 5.56 Å². The van der Waals surface area contributed by atoms with E-state index in [0.29, 0.717) is 28.9 Å². The van der Waals surface area contributed by atoms with Gasteiger partial charge in [-0.2, -0.15) is 0 Å². The molecule has 22 heavy (non-hydrogen) atoms. The number of aromatic amines is 1. The van der Waals surface area contributed by atoms with Crippen LogP contribution in [0.15, 0.2) is 47.3 Å². The second kappa shape index (κ2) is 5.97. The van der Waals surface area contributed by atoms with E-state index >= 15 is 0 Å². The Morgan fingerprint density at radius 1 is 1.23 bits per heavy atom. The van der Waals surface area contributed by atoms with Gasteiger partial charge >= 0.3 is 0 Å². The molecule has 0 aliphatic carbocycles. The molecule has 0 aliphatic heterocycles. The summed E-state index contributed by atoms with van der Waals surface area (Å²) in [6.45, 7) is 2.41. The summed E-state index contributed by atoms with van der Waals surface area (Å²) in [5.41, 5.74) is 0.837. The molecule has 1 N–H and O–H groups in total. The number of ether oxygens (including phenoxy) is 1. The van der Waals surface area contributed by atoms with Gasteiger partial charge in [-0.05, 0) is 36.8 Å². The van der Waals surface area contributed by atoms with Gasteiger partial charge in [0.25, 0.3) is 5.56 Å². The van der Waals surface area contributed by atoms with E-state index in [1.807, 2.05) is 6.92 Å². The Balaban J connectivity index is 2.04. The van der Waals surface area contributed by atoms with Crippen molar-refractivity contribution >= 4 is 10.9 Å². The topological polar surface area (TPSA) is 55.0 Å². The Hall–Kier alpha value is -2.69. The molecule has 0 bridgehead atoms. The van der Waals surface area contributed by atoms with Crippen molar-refractivity contribution in [1.29, 1.82) is 0 Å². The van der Waals surface area contributed by atoms with E-state index in [1.165, 1.54) is 6.07 Å². The smallest absolute Gasteiger partial charge is 0.259 e. The number of rotatable bonds is 4. The summed E-state index contributed by atoms with van der Waals surface area (Å²) in [6, 6.07) is 11.6. The molecule has 1 aromatic heterocycles. The molecule has 0 saturated heterocycles. The van der Waals surface area contributed by atoms with Crippen LogP contribution in [-0.2, 0) is 0 Å². The number of aromatic nitrogens is 2.